The summed E-state index contributed by atoms with van der Waals surface area (Å²) >= 11 is 0. The summed E-state index contributed by atoms with van der Waals surface area (Å²) in [6.07, 6.45) is 2.23. The summed E-state index contributed by atoms with van der Waals surface area (Å²) in [4.78, 5) is 30.8. The van der Waals surface area contributed by atoms with Crippen molar-refractivity contribution in [2.45, 2.75) is 26.3 Å². The van der Waals surface area contributed by atoms with E-state index in [2.05, 4.69) is 20.5 Å². The van der Waals surface area contributed by atoms with Crippen LogP contribution in [-0.4, -0.2) is 37.2 Å². The van der Waals surface area contributed by atoms with Crippen molar-refractivity contribution in [1.82, 2.24) is 10.3 Å². The Kier molecular flexibility index (Phi) is 5.90. The van der Waals surface area contributed by atoms with Gasteiger partial charge in [0.2, 0.25) is 0 Å². The lowest BCUT2D eigenvalue weighted by atomic mass is 10.1. The van der Waals surface area contributed by atoms with Crippen LogP contribution < -0.4 is 15.5 Å². The Morgan fingerprint density at radius 1 is 1.19 bits per heavy atom. The minimum atomic E-state index is -0.435. The molecule has 0 radical (unpaired) electrons. The predicted octanol–water partition coefficient (Wildman–Crippen LogP) is 3.10. The number of methoxy groups -OCH3 is 1. The molecule has 0 saturated carbocycles. The lowest BCUT2D eigenvalue weighted by Crippen LogP contribution is -2.30. The number of hydrogen-bond acceptors (Lipinski definition) is 5. The van der Waals surface area contributed by atoms with Crippen LogP contribution in [0.2, 0.25) is 0 Å². The third-order valence-electron chi connectivity index (χ3n) is 4.49. The van der Waals surface area contributed by atoms with E-state index in [1.807, 2.05) is 31.2 Å². The number of rotatable bonds is 5. The van der Waals surface area contributed by atoms with Gasteiger partial charge in [0.25, 0.3) is 0 Å². The maximum Gasteiger partial charge on any atom is 0.337 e. The van der Waals surface area contributed by atoms with Gasteiger partial charge in [-0.15, -0.1) is 0 Å². The quantitative estimate of drug-likeness (QED) is 0.793. The van der Waals surface area contributed by atoms with Crippen LogP contribution in [0, 0.1) is 6.92 Å². The summed E-state index contributed by atoms with van der Waals surface area (Å²) in [6.45, 7) is 4.09. The molecule has 2 N–H and O–H groups in total. The fourth-order valence-corrected chi connectivity index (χ4v) is 3.15. The number of hydrogen-bond donors (Lipinski definition) is 2. The summed E-state index contributed by atoms with van der Waals surface area (Å²) < 4.78 is 4.79. The van der Waals surface area contributed by atoms with Crippen LogP contribution in [0.1, 0.15) is 34.6 Å². The number of nitrogens with one attached hydrogen (secondary N) is 2. The summed E-state index contributed by atoms with van der Waals surface area (Å²) in [6, 6.07) is 10.6. The first kappa shape index (κ1) is 18.7. The molecule has 0 bridgehead atoms. The molecule has 1 aliphatic heterocycles. The molecule has 2 heterocycles. The van der Waals surface area contributed by atoms with Gasteiger partial charge in [0.15, 0.2) is 0 Å². The van der Waals surface area contributed by atoms with Crippen molar-refractivity contribution >= 4 is 23.4 Å². The topological polar surface area (TPSA) is 83.6 Å². The molecule has 1 aromatic heterocycles. The predicted molar refractivity (Wildman–Crippen MR) is 104 cm³/mol. The number of pyridine rings is 1. The minimum absolute atomic E-state index is 0.323. The van der Waals surface area contributed by atoms with Crippen LogP contribution in [0.25, 0.3) is 0 Å². The van der Waals surface area contributed by atoms with Crippen LogP contribution >= 0.6 is 0 Å². The van der Waals surface area contributed by atoms with Gasteiger partial charge in [-0.1, -0.05) is 6.07 Å². The van der Waals surface area contributed by atoms with Crippen molar-refractivity contribution in [3.05, 3.63) is 53.3 Å². The van der Waals surface area contributed by atoms with E-state index >= 15 is 0 Å². The fraction of sp³-hybridized carbons (Fsp3) is 0.350. The molecule has 2 aromatic rings. The Morgan fingerprint density at radius 3 is 2.67 bits per heavy atom. The first-order chi connectivity index (χ1) is 13.1. The lowest BCUT2D eigenvalue weighted by Gasteiger charge is -2.22. The lowest BCUT2D eigenvalue weighted by molar-refractivity contribution is 0.0600. The standard InChI is InChI=1S/C20H24N4O3/c1-14-6-5-7-16(22-14)13-21-20(26)23-17-12-15(19(25)27-2)8-9-18(17)24-10-3-4-11-24/h5-9,12H,3-4,10-11,13H2,1-2H3,(H2,21,23,26). The molecule has 7 heteroatoms. The molecule has 1 saturated heterocycles. The summed E-state index contributed by atoms with van der Waals surface area (Å²) in [5.41, 5.74) is 3.58. The maximum atomic E-state index is 12.4. The molecule has 27 heavy (non-hydrogen) atoms. The van der Waals surface area contributed by atoms with Crippen LogP contribution in [0.4, 0.5) is 16.2 Å². The van der Waals surface area contributed by atoms with E-state index in [1.54, 1.807) is 12.1 Å². The van der Waals surface area contributed by atoms with Crippen LogP contribution in [0.5, 0.6) is 0 Å². The number of aromatic nitrogens is 1. The normalized spacial score (nSPS) is 13.3. The highest BCUT2D eigenvalue weighted by Crippen LogP contribution is 2.30. The zero-order valence-electron chi connectivity index (χ0n) is 15.6. The van der Waals surface area contributed by atoms with Gasteiger partial charge in [0, 0.05) is 18.8 Å². The number of carbonyl (C=O) groups is 2. The zero-order chi connectivity index (χ0) is 19.2. The first-order valence-corrected chi connectivity index (χ1v) is 9.01. The van der Waals surface area contributed by atoms with E-state index in [1.165, 1.54) is 7.11 Å². The molecule has 2 amide bonds. The van der Waals surface area contributed by atoms with Gasteiger partial charge in [0.1, 0.15) is 0 Å². The molecular weight excluding hydrogens is 344 g/mol. The largest absolute Gasteiger partial charge is 0.465 e. The highest BCUT2D eigenvalue weighted by molar-refractivity contribution is 5.97. The highest BCUT2D eigenvalue weighted by Gasteiger charge is 2.19. The van der Waals surface area contributed by atoms with Crippen LogP contribution in [0.15, 0.2) is 36.4 Å². The maximum absolute atomic E-state index is 12.4. The van der Waals surface area contributed by atoms with Crippen molar-refractivity contribution in [1.29, 1.82) is 0 Å². The zero-order valence-corrected chi connectivity index (χ0v) is 15.6. The molecule has 7 nitrogen and oxygen atoms in total. The number of anilines is 2. The molecule has 0 unspecified atom stereocenters. The molecule has 142 valence electrons. The monoisotopic (exact) mass is 368 g/mol. The number of aryl methyl sites for hydroxylation is 1. The first-order valence-electron chi connectivity index (χ1n) is 9.01. The van der Waals surface area contributed by atoms with E-state index < -0.39 is 5.97 Å². The summed E-state index contributed by atoms with van der Waals surface area (Å²) in [5, 5.41) is 5.67. The van der Waals surface area contributed by atoms with Crippen molar-refractivity contribution in [2.75, 3.05) is 30.4 Å². The molecule has 1 aromatic carbocycles. The average molecular weight is 368 g/mol. The van der Waals surface area contributed by atoms with E-state index in [0.717, 1.165) is 43.0 Å². The van der Waals surface area contributed by atoms with Gasteiger partial charge in [0.05, 0.1) is 36.3 Å². The van der Waals surface area contributed by atoms with E-state index in [9.17, 15) is 9.59 Å². The Hall–Kier alpha value is -3.09. The van der Waals surface area contributed by atoms with Gasteiger partial charge >= 0.3 is 12.0 Å². The Morgan fingerprint density at radius 2 is 1.96 bits per heavy atom. The van der Waals surface area contributed by atoms with Gasteiger partial charge < -0.3 is 20.3 Å². The number of amides is 2. The Bertz CT molecular complexity index is 832. The number of ether oxygens (including phenoxy) is 1. The molecule has 0 aliphatic carbocycles. The molecule has 3 rings (SSSR count). The van der Waals surface area contributed by atoms with Gasteiger partial charge in [-0.25, -0.2) is 9.59 Å². The van der Waals surface area contributed by atoms with E-state index in [-0.39, 0.29) is 6.03 Å². The van der Waals surface area contributed by atoms with Crippen LogP contribution in [0.3, 0.4) is 0 Å². The second-order valence-corrected chi connectivity index (χ2v) is 6.50. The van der Waals surface area contributed by atoms with Crippen molar-refractivity contribution in [2.24, 2.45) is 0 Å². The minimum Gasteiger partial charge on any atom is -0.465 e. The second-order valence-electron chi connectivity index (χ2n) is 6.50. The number of benzene rings is 1. The molecule has 1 aliphatic rings. The number of nitrogens with zero attached hydrogens (tertiary/aromatic N) is 2. The van der Waals surface area contributed by atoms with Crippen molar-refractivity contribution in [3.8, 4) is 0 Å². The third-order valence-corrected chi connectivity index (χ3v) is 4.49. The molecular formula is C20H24N4O3. The molecule has 1 fully saturated rings. The van der Waals surface area contributed by atoms with Crippen molar-refractivity contribution in [3.63, 3.8) is 0 Å². The smallest absolute Gasteiger partial charge is 0.337 e. The second kappa shape index (κ2) is 8.53. The van der Waals surface area contributed by atoms with Crippen molar-refractivity contribution < 1.29 is 14.3 Å². The third kappa shape index (κ3) is 4.75. The van der Waals surface area contributed by atoms with E-state index in [0.29, 0.717) is 17.8 Å². The highest BCUT2D eigenvalue weighted by atomic mass is 16.5. The summed E-state index contributed by atoms with van der Waals surface area (Å²) in [7, 11) is 1.34. The molecule has 0 spiro atoms. The van der Waals surface area contributed by atoms with E-state index in [4.69, 9.17) is 4.74 Å². The van der Waals surface area contributed by atoms with Gasteiger partial charge in [-0.05, 0) is 50.1 Å². The van der Waals surface area contributed by atoms with Gasteiger partial charge in [-0.2, -0.15) is 0 Å². The Labute approximate surface area is 158 Å². The average Bonchev–Trinajstić information content (AvgIpc) is 3.20. The number of carbonyl (C=O) groups excluding carboxylic acids is 2. The van der Waals surface area contributed by atoms with Crippen LogP contribution in [-0.2, 0) is 11.3 Å². The number of esters is 1. The van der Waals surface area contributed by atoms with Gasteiger partial charge in [-0.3, -0.25) is 4.98 Å². The Balaban J connectivity index is 1.74. The SMILES string of the molecule is COC(=O)c1ccc(N2CCCC2)c(NC(=O)NCc2cccc(C)n2)c1. The summed E-state index contributed by atoms with van der Waals surface area (Å²) in [5.74, 6) is -0.435. The molecule has 0 atom stereocenters. The fourth-order valence-electron chi connectivity index (χ4n) is 3.15. The number of urea groups is 1.